The topological polar surface area (TPSA) is 74.3 Å². The van der Waals surface area contributed by atoms with Crippen LogP contribution in [-0.4, -0.2) is 29.5 Å². The highest BCUT2D eigenvalue weighted by molar-refractivity contribution is 7.12. The molecular formula is C17H18N4O2S. The summed E-state index contributed by atoms with van der Waals surface area (Å²) in [5.41, 5.74) is 4.11. The number of carbonyl (C=O) groups excluding carboxylic acids is 2. The molecule has 124 valence electrons. The van der Waals surface area contributed by atoms with Crippen LogP contribution in [0.2, 0.25) is 0 Å². The molecule has 3 amide bonds. The first kappa shape index (κ1) is 15.1. The van der Waals surface area contributed by atoms with Gasteiger partial charge in [-0.25, -0.2) is 9.78 Å². The molecule has 2 aliphatic rings. The Hall–Kier alpha value is -2.41. The van der Waals surface area contributed by atoms with Crippen molar-refractivity contribution < 1.29 is 9.59 Å². The van der Waals surface area contributed by atoms with Gasteiger partial charge in [0.05, 0.1) is 17.2 Å². The molecule has 1 saturated carbocycles. The molecule has 1 aromatic carbocycles. The molecule has 1 saturated heterocycles. The summed E-state index contributed by atoms with van der Waals surface area (Å²) in [4.78, 5) is 31.2. The lowest BCUT2D eigenvalue weighted by atomic mass is 10.2. The molecule has 0 bridgehead atoms. The summed E-state index contributed by atoms with van der Waals surface area (Å²) < 4.78 is 0. The van der Waals surface area contributed by atoms with Crippen LogP contribution in [0.1, 0.15) is 41.0 Å². The Labute approximate surface area is 143 Å². The SMILES string of the molecule is C[C@@H]1CNC(=O)N1c1cccc(NC(=O)c2scnc2C2CC2)c1. The standard InChI is InChI=1S/C17H18N4O2S/c1-10-8-18-17(23)21(10)13-4-2-3-12(7-13)20-16(22)15-14(11-5-6-11)19-9-24-15/h2-4,7,9-11H,5-6,8H2,1H3,(H,18,23)(H,20,22)/t10-/m1/s1. The van der Waals surface area contributed by atoms with E-state index in [0.717, 1.165) is 24.2 Å². The molecule has 7 heteroatoms. The maximum atomic E-state index is 12.6. The third kappa shape index (κ3) is 2.75. The molecule has 2 N–H and O–H groups in total. The summed E-state index contributed by atoms with van der Waals surface area (Å²) in [5, 5.41) is 5.75. The lowest BCUT2D eigenvalue weighted by molar-refractivity contribution is 0.102. The summed E-state index contributed by atoms with van der Waals surface area (Å²) in [6.07, 6.45) is 2.23. The van der Waals surface area contributed by atoms with E-state index in [2.05, 4.69) is 15.6 Å². The molecule has 1 atom stereocenters. The zero-order chi connectivity index (χ0) is 16.7. The Balaban J connectivity index is 1.54. The minimum absolute atomic E-state index is 0.0893. The van der Waals surface area contributed by atoms with E-state index in [-0.39, 0.29) is 18.0 Å². The van der Waals surface area contributed by atoms with Gasteiger partial charge >= 0.3 is 6.03 Å². The molecule has 0 spiro atoms. The predicted octanol–water partition coefficient (Wildman–Crippen LogP) is 3.19. The second-order valence-electron chi connectivity index (χ2n) is 6.25. The van der Waals surface area contributed by atoms with Gasteiger partial charge in [0.15, 0.2) is 0 Å². The van der Waals surface area contributed by atoms with Gasteiger partial charge in [0.2, 0.25) is 0 Å². The van der Waals surface area contributed by atoms with E-state index in [9.17, 15) is 9.59 Å². The second kappa shape index (κ2) is 5.90. The normalized spacial score (nSPS) is 20.1. The smallest absolute Gasteiger partial charge is 0.322 e. The first-order valence-electron chi connectivity index (χ1n) is 8.05. The number of carbonyl (C=O) groups is 2. The number of amides is 3. The molecule has 0 unspecified atom stereocenters. The van der Waals surface area contributed by atoms with Crippen molar-refractivity contribution >= 4 is 34.6 Å². The van der Waals surface area contributed by atoms with Gasteiger partial charge in [-0.15, -0.1) is 11.3 Å². The fourth-order valence-corrected chi connectivity index (χ4v) is 3.75. The van der Waals surface area contributed by atoms with Crippen molar-refractivity contribution in [2.75, 3.05) is 16.8 Å². The minimum atomic E-state index is -0.129. The average molecular weight is 342 g/mol. The molecule has 6 nitrogen and oxygen atoms in total. The number of rotatable bonds is 4. The van der Waals surface area contributed by atoms with Crippen LogP contribution < -0.4 is 15.5 Å². The van der Waals surface area contributed by atoms with Gasteiger partial charge in [-0.2, -0.15) is 0 Å². The van der Waals surface area contributed by atoms with Gasteiger partial charge in [-0.1, -0.05) is 6.07 Å². The summed E-state index contributed by atoms with van der Waals surface area (Å²) in [6.45, 7) is 2.61. The quantitative estimate of drug-likeness (QED) is 0.896. The number of nitrogens with one attached hydrogen (secondary N) is 2. The molecule has 2 fully saturated rings. The summed E-state index contributed by atoms with van der Waals surface area (Å²) in [7, 11) is 0. The number of anilines is 2. The monoisotopic (exact) mass is 342 g/mol. The van der Waals surface area contributed by atoms with Crippen LogP contribution in [0.15, 0.2) is 29.8 Å². The summed E-state index contributed by atoms with van der Waals surface area (Å²) in [6, 6.07) is 7.36. The van der Waals surface area contributed by atoms with Crippen LogP contribution in [0.4, 0.5) is 16.2 Å². The first-order chi connectivity index (χ1) is 11.6. The largest absolute Gasteiger partial charge is 0.336 e. The second-order valence-corrected chi connectivity index (χ2v) is 7.11. The van der Waals surface area contributed by atoms with Crippen LogP contribution >= 0.6 is 11.3 Å². The van der Waals surface area contributed by atoms with Crippen LogP contribution in [0.25, 0.3) is 0 Å². The Kier molecular flexibility index (Phi) is 3.72. The number of urea groups is 1. The van der Waals surface area contributed by atoms with Gasteiger partial charge in [-0.05, 0) is 38.0 Å². The molecule has 0 radical (unpaired) electrons. The minimum Gasteiger partial charge on any atom is -0.336 e. The lowest BCUT2D eigenvalue weighted by Gasteiger charge is -2.20. The molecule has 1 aromatic heterocycles. The van der Waals surface area contributed by atoms with E-state index in [0.29, 0.717) is 23.0 Å². The summed E-state index contributed by atoms with van der Waals surface area (Å²) >= 11 is 1.38. The van der Waals surface area contributed by atoms with E-state index in [1.807, 2.05) is 31.2 Å². The average Bonchev–Trinajstić information content (AvgIpc) is 3.19. The third-order valence-electron chi connectivity index (χ3n) is 4.36. The van der Waals surface area contributed by atoms with E-state index >= 15 is 0 Å². The van der Waals surface area contributed by atoms with Gasteiger partial charge in [0.25, 0.3) is 5.91 Å². The number of thiazole rings is 1. The summed E-state index contributed by atoms with van der Waals surface area (Å²) in [5.74, 6) is 0.313. The number of nitrogens with zero attached hydrogens (tertiary/aromatic N) is 2. The maximum Gasteiger partial charge on any atom is 0.322 e. The zero-order valence-corrected chi connectivity index (χ0v) is 14.1. The van der Waals surface area contributed by atoms with Gasteiger partial charge in [0.1, 0.15) is 4.88 Å². The van der Waals surface area contributed by atoms with E-state index in [1.54, 1.807) is 10.4 Å². The van der Waals surface area contributed by atoms with Crippen molar-refractivity contribution in [3.8, 4) is 0 Å². The van der Waals surface area contributed by atoms with Crippen molar-refractivity contribution in [3.63, 3.8) is 0 Å². The molecule has 4 rings (SSSR count). The van der Waals surface area contributed by atoms with E-state index in [1.165, 1.54) is 11.3 Å². The fourth-order valence-electron chi connectivity index (χ4n) is 2.98. The highest BCUT2D eigenvalue weighted by Gasteiger charge is 2.31. The van der Waals surface area contributed by atoms with Crippen molar-refractivity contribution in [2.45, 2.75) is 31.7 Å². The molecule has 2 heterocycles. The number of hydrogen-bond acceptors (Lipinski definition) is 4. The Morgan fingerprint density at radius 1 is 1.42 bits per heavy atom. The predicted molar refractivity (Wildman–Crippen MR) is 93.8 cm³/mol. The zero-order valence-electron chi connectivity index (χ0n) is 13.3. The Bertz CT molecular complexity index is 799. The third-order valence-corrected chi connectivity index (χ3v) is 5.20. The van der Waals surface area contributed by atoms with Crippen LogP contribution in [0.5, 0.6) is 0 Å². The van der Waals surface area contributed by atoms with Crippen LogP contribution in [0.3, 0.4) is 0 Å². The number of benzene rings is 1. The van der Waals surface area contributed by atoms with E-state index < -0.39 is 0 Å². The molecule has 2 aromatic rings. The van der Waals surface area contributed by atoms with Crippen LogP contribution in [-0.2, 0) is 0 Å². The van der Waals surface area contributed by atoms with Gasteiger partial charge in [0, 0.05) is 23.8 Å². The van der Waals surface area contributed by atoms with E-state index in [4.69, 9.17) is 0 Å². The van der Waals surface area contributed by atoms with Gasteiger partial charge in [-0.3, -0.25) is 9.69 Å². The highest BCUT2D eigenvalue weighted by Crippen LogP contribution is 2.42. The van der Waals surface area contributed by atoms with Crippen molar-refractivity contribution in [2.24, 2.45) is 0 Å². The Morgan fingerprint density at radius 2 is 2.25 bits per heavy atom. The highest BCUT2D eigenvalue weighted by atomic mass is 32.1. The molecule has 1 aliphatic heterocycles. The fraction of sp³-hybridized carbons (Fsp3) is 0.353. The maximum absolute atomic E-state index is 12.6. The number of hydrogen-bond donors (Lipinski definition) is 2. The van der Waals surface area contributed by atoms with Crippen molar-refractivity contribution in [1.29, 1.82) is 0 Å². The van der Waals surface area contributed by atoms with Crippen molar-refractivity contribution in [3.05, 3.63) is 40.3 Å². The van der Waals surface area contributed by atoms with Crippen LogP contribution in [0, 0.1) is 0 Å². The first-order valence-corrected chi connectivity index (χ1v) is 8.93. The lowest BCUT2D eigenvalue weighted by Crippen LogP contribution is -2.32. The number of aromatic nitrogens is 1. The van der Waals surface area contributed by atoms with Crippen molar-refractivity contribution in [1.82, 2.24) is 10.3 Å². The Morgan fingerprint density at radius 3 is 2.96 bits per heavy atom. The molecule has 24 heavy (non-hydrogen) atoms. The van der Waals surface area contributed by atoms with Gasteiger partial charge < -0.3 is 10.6 Å². The molecular weight excluding hydrogens is 324 g/mol. The molecule has 1 aliphatic carbocycles.